The number of aryl methyl sites for hydroxylation is 1. The van der Waals surface area contributed by atoms with Crippen LogP contribution in [-0.4, -0.2) is 45.8 Å². The maximum atomic E-state index is 11.0. The zero-order valence-electron chi connectivity index (χ0n) is 17.4. The van der Waals surface area contributed by atoms with E-state index in [4.69, 9.17) is 29.5 Å². The molecule has 1 unspecified atom stereocenters. The molecule has 29 heavy (non-hydrogen) atoms. The van der Waals surface area contributed by atoms with Gasteiger partial charge in [0.15, 0.2) is 10.2 Å². The predicted octanol–water partition coefficient (Wildman–Crippen LogP) is 2.54. The number of hydrazone groups is 2. The highest BCUT2D eigenvalue weighted by atomic mass is 32.1. The minimum Gasteiger partial charge on any atom is -0.480 e. The lowest BCUT2D eigenvalue weighted by Crippen LogP contribution is -2.44. The summed E-state index contributed by atoms with van der Waals surface area (Å²) in [5, 5.41) is 23.1. The van der Waals surface area contributed by atoms with Gasteiger partial charge in [-0.2, -0.15) is 10.2 Å². The smallest absolute Gasteiger partial charge is 0.326 e. The van der Waals surface area contributed by atoms with Crippen LogP contribution in [0.1, 0.15) is 39.2 Å². The van der Waals surface area contributed by atoms with Crippen molar-refractivity contribution < 1.29 is 9.90 Å². The minimum atomic E-state index is -0.950. The van der Waals surface area contributed by atoms with E-state index in [0.29, 0.717) is 23.0 Å². The summed E-state index contributed by atoms with van der Waals surface area (Å²) in [5.74, 6) is -0.950. The van der Waals surface area contributed by atoms with Crippen molar-refractivity contribution in [1.82, 2.24) is 21.5 Å². The zero-order valence-corrected chi connectivity index (χ0v) is 19.1. The van der Waals surface area contributed by atoms with Gasteiger partial charge in [0.25, 0.3) is 0 Å². The predicted molar refractivity (Wildman–Crippen MR) is 127 cm³/mol. The fourth-order valence-electron chi connectivity index (χ4n) is 1.76. The molecule has 0 aromatic heterocycles. The molecule has 0 radical (unpaired) electrons. The summed E-state index contributed by atoms with van der Waals surface area (Å²) >= 11 is 9.91. The van der Waals surface area contributed by atoms with E-state index in [-0.39, 0.29) is 5.11 Å². The summed E-state index contributed by atoms with van der Waals surface area (Å²) in [6.45, 7) is 7.47. The summed E-state index contributed by atoms with van der Waals surface area (Å²) in [6.07, 6.45) is 1.21. The molecule has 0 saturated carbocycles. The zero-order chi connectivity index (χ0) is 22.2. The second-order valence-corrected chi connectivity index (χ2v) is 6.82. The first-order chi connectivity index (χ1) is 13.7. The first-order valence-electron chi connectivity index (χ1n) is 9.08. The lowest BCUT2D eigenvalue weighted by Gasteiger charge is -2.15. The summed E-state index contributed by atoms with van der Waals surface area (Å²) in [6, 6.07) is 9.53. The van der Waals surface area contributed by atoms with Crippen LogP contribution in [-0.2, 0) is 4.79 Å². The van der Waals surface area contributed by atoms with Crippen LogP contribution in [0.2, 0.25) is 0 Å². The number of carboxylic acids is 1. The van der Waals surface area contributed by atoms with E-state index in [1.54, 1.807) is 20.9 Å². The summed E-state index contributed by atoms with van der Waals surface area (Å²) in [5.41, 5.74) is 7.75. The summed E-state index contributed by atoms with van der Waals surface area (Å²) in [7, 11) is 1.68. The molecular weight excluding hydrogens is 408 g/mol. The molecule has 0 spiro atoms. The van der Waals surface area contributed by atoms with Gasteiger partial charge in [-0.1, -0.05) is 49.2 Å². The van der Waals surface area contributed by atoms with Crippen LogP contribution in [0.15, 0.2) is 40.5 Å². The Morgan fingerprint density at radius 2 is 1.59 bits per heavy atom. The SMILES string of the molecule is CCCC(NC(=S)N/N=C(C)/C(C)=N/NC(=S)NC)C(=O)O.Cc1ccccc1. The standard InChI is InChI=1S/C12H22N6O2S2.C7H8/c1-5-6-9(10(19)20)14-12(22)18-16-8(3)7(2)15-17-11(21)13-4;1-7-5-3-2-4-6-7/h9H,5-6H2,1-4H3,(H,19,20)(H2,13,17,21)(H2,14,18,22);2-6H,1H3/b15-7+,16-8+;. The average Bonchev–Trinajstić information content (AvgIpc) is 2.70. The molecule has 10 heteroatoms. The van der Waals surface area contributed by atoms with E-state index in [1.165, 1.54) is 5.56 Å². The average molecular weight is 439 g/mol. The molecule has 1 aromatic carbocycles. The number of carbonyl (C=O) groups is 1. The van der Waals surface area contributed by atoms with Gasteiger partial charge in [-0.05, 0) is 51.6 Å². The van der Waals surface area contributed by atoms with E-state index in [1.807, 2.05) is 25.1 Å². The van der Waals surface area contributed by atoms with Gasteiger partial charge in [0, 0.05) is 7.05 Å². The Morgan fingerprint density at radius 1 is 1.07 bits per heavy atom. The van der Waals surface area contributed by atoms with Crippen LogP contribution in [0.3, 0.4) is 0 Å². The largest absolute Gasteiger partial charge is 0.480 e. The molecule has 0 bridgehead atoms. The van der Waals surface area contributed by atoms with E-state index in [2.05, 4.69) is 50.7 Å². The van der Waals surface area contributed by atoms with Gasteiger partial charge in [0.05, 0.1) is 11.4 Å². The molecule has 0 amide bonds. The number of rotatable bonds is 7. The molecule has 0 aliphatic carbocycles. The minimum absolute atomic E-state index is 0.145. The van der Waals surface area contributed by atoms with Crippen LogP contribution in [0.25, 0.3) is 0 Å². The molecule has 1 aromatic rings. The molecule has 1 rings (SSSR count). The van der Waals surface area contributed by atoms with Crippen LogP contribution >= 0.6 is 24.4 Å². The van der Waals surface area contributed by atoms with Crippen LogP contribution in [0.4, 0.5) is 0 Å². The van der Waals surface area contributed by atoms with E-state index in [9.17, 15) is 4.79 Å². The van der Waals surface area contributed by atoms with Gasteiger partial charge >= 0.3 is 5.97 Å². The van der Waals surface area contributed by atoms with Crippen LogP contribution in [0.5, 0.6) is 0 Å². The van der Waals surface area contributed by atoms with Crippen molar-refractivity contribution in [2.75, 3.05) is 7.05 Å². The van der Waals surface area contributed by atoms with Gasteiger partial charge in [-0.25, -0.2) is 4.79 Å². The highest BCUT2D eigenvalue weighted by molar-refractivity contribution is 7.80. The summed E-state index contributed by atoms with van der Waals surface area (Å²) in [4.78, 5) is 11.0. The highest BCUT2D eigenvalue weighted by Gasteiger charge is 2.16. The van der Waals surface area contributed by atoms with E-state index in [0.717, 1.165) is 6.42 Å². The Hall–Kier alpha value is -2.59. The van der Waals surface area contributed by atoms with Crippen molar-refractivity contribution >= 4 is 52.1 Å². The lowest BCUT2D eigenvalue weighted by atomic mass is 10.2. The molecule has 0 fully saturated rings. The lowest BCUT2D eigenvalue weighted by molar-refractivity contribution is -0.139. The fourth-order valence-corrected chi connectivity index (χ4v) is 1.99. The second kappa shape index (κ2) is 15.3. The Morgan fingerprint density at radius 3 is 1.97 bits per heavy atom. The van der Waals surface area contributed by atoms with Crippen molar-refractivity contribution in [3.63, 3.8) is 0 Å². The molecule has 0 aliphatic rings. The number of nitrogens with zero attached hydrogens (tertiary/aromatic N) is 2. The van der Waals surface area contributed by atoms with Crippen molar-refractivity contribution in [1.29, 1.82) is 0 Å². The van der Waals surface area contributed by atoms with Crippen LogP contribution < -0.4 is 21.5 Å². The Bertz CT molecular complexity index is 723. The maximum absolute atomic E-state index is 11.0. The molecule has 8 nitrogen and oxygen atoms in total. The number of aliphatic carboxylic acids is 1. The first-order valence-corrected chi connectivity index (χ1v) is 9.90. The number of thiocarbonyl (C=S) groups is 2. The quantitative estimate of drug-likeness (QED) is 0.251. The van der Waals surface area contributed by atoms with Gasteiger partial charge in [-0.15, -0.1) is 0 Å². The van der Waals surface area contributed by atoms with Gasteiger partial charge in [0.1, 0.15) is 6.04 Å². The topological polar surface area (TPSA) is 110 Å². The van der Waals surface area contributed by atoms with Crippen molar-refractivity contribution in [2.24, 2.45) is 10.2 Å². The third kappa shape index (κ3) is 13.3. The van der Waals surface area contributed by atoms with Crippen molar-refractivity contribution in [3.05, 3.63) is 35.9 Å². The number of hydrogen-bond donors (Lipinski definition) is 5. The Balaban J connectivity index is 0.000000929. The van der Waals surface area contributed by atoms with Gasteiger partial charge in [-0.3, -0.25) is 10.9 Å². The van der Waals surface area contributed by atoms with Gasteiger partial charge < -0.3 is 15.7 Å². The number of carboxylic acid groups (broad SMARTS) is 1. The second-order valence-electron chi connectivity index (χ2n) is 6.00. The number of nitrogens with one attached hydrogen (secondary N) is 4. The monoisotopic (exact) mass is 438 g/mol. The number of hydrogen-bond acceptors (Lipinski definition) is 5. The fraction of sp³-hybridized carbons (Fsp3) is 0.421. The molecule has 0 heterocycles. The molecule has 1 atom stereocenters. The van der Waals surface area contributed by atoms with E-state index >= 15 is 0 Å². The van der Waals surface area contributed by atoms with Crippen molar-refractivity contribution in [3.8, 4) is 0 Å². The molecular formula is C19H30N6O2S2. The summed E-state index contributed by atoms with van der Waals surface area (Å²) < 4.78 is 0. The third-order valence-corrected chi connectivity index (χ3v) is 4.03. The van der Waals surface area contributed by atoms with Crippen molar-refractivity contribution in [2.45, 2.75) is 46.6 Å². The first kappa shape index (κ1) is 26.4. The molecule has 5 N–H and O–H groups in total. The Kier molecular flexibility index (Phi) is 14.0. The highest BCUT2D eigenvalue weighted by Crippen LogP contribution is 1.96. The normalized spacial score (nSPS) is 12.0. The molecule has 0 aliphatic heterocycles. The van der Waals surface area contributed by atoms with E-state index < -0.39 is 12.0 Å². The molecule has 0 saturated heterocycles. The number of benzene rings is 1. The molecule has 160 valence electrons. The van der Waals surface area contributed by atoms with Gasteiger partial charge in [0.2, 0.25) is 0 Å². The van der Waals surface area contributed by atoms with Crippen LogP contribution in [0, 0.1) is 6.92 Å². The Labute approximate surface area is 183 Å². The maximum Gasteiger partial charge on any atom is 0.326 e. The third-order valence-electron chi connectivity index (χ3n) is 3.52.